The van der Waals surface area contributed by atoms with Gasteiger partial charge >= 0.3 is 0 Å². The Morgan fingerprint density at radius 2 is 1.74 bits per heavy atom. The van der Waals surface area contributed by atoms with Crippen molar-refractivity contribution in [2.24, 2.45) is 17.8 Å². The zero-order chi connectivity index (χ0) is 23.8. The lowest BCUT2D eigenvalue weighted by Crippen LogP contribution is -2.40. The summed E-state index contributed by atoms with van der Waals surface area (Å²) >= 11 is 0. The van der Waals surface area contributed by atoms with E-state index in [9.17, 15) is 4.79 Å². The summed E-state index contributed by atoms with van der Waals surface area (Å²) < 4.78 is 16.5. The Bertz CT molecular complexity index is 1200. The minimum atomic E-state index is -0.0532. The summed E-state index contributed by atoms with van der Waals surface area (Å²) in [6.45, 7) is 2.16. The van der Waals surface area contributed by atoms with E-state index in [1.54, 1.807) is 21.3 Å². The number of methoxy groups -OCH3 is 3. The minimum Gasteiger partial charge on any atom is -0.493 e. The maximum absolute atomic E-state index is 13.6. The number of nitrogens with zero attached hydrogens (tertiary/aromatic N) is 1. The Labute approximate surface area is 200 Å². The maximum atomic E-state index is 13.6. The molecule has 6 nitrogen and oxygen atoms in total. The first-order valence-corrected chi connectivity index (χ1v) is 12.0. The fourth-order valence-corrected chi connectivity index (χ4v) is 6.04. The number of ether oxygens (including phenoxy) is 3. The highest BCUT2D eigenvalue weighted by Gasteiger charge is 2.42. The van der Waals surface area contributed by atoms with E-state index >= 15 is 0 Å². The number of pyridine rings is 1. The number of fused-ring (bicyclic) bond motifs is 3. The monoisotopic (exact) mass is 460 g/mol. The summed E-state index contributed by atoms with van der Waals surface area (Å²) in [5, 5.41) is 4.16. The highest BCUT2D eigenvalue weighted by molar-refractivity contribution is 6.07. The number of amides is 1. The van der Waals surface area contributed by atoms with Crippen molar-refractivity contribution in [1.82, 2.24) is 10.3 Å². The lowest BCUT2D eigenvalue weighted by atomic mass is 9.84. The standard InChI is InChI=1S/C28H32N2O4/c1-16(21-12-17-9-10-18(21)11-17)29-28(31)22-15-24(30-23-8-6-5-7-20(22)23)19-13-25(32-2)27(34-4)26(14-19)33-3/h5-8,13-18,21H,9-12H2,1-4H3,(H,29,31)/t16-,17-,18-,21-/m1/s1. The van der Waals surface area contributed by atoms with Crippen LogP contribution in [0, 0.1) is 17.8 Å². The molecular weight excluding hydrogens is 428 g/mol. The predicted octanol–water partition coefficient (Wildman–Crippen LogP) is 5.48. The van der Waals surface area contributed by atoms with E-state index in [-0.39, 0.29) is 11.9 Å². The van der Waals surface area contributed by atoms with Crippen LogP contribution in [-0.2, 0) is 0 Å². The van der Waals surface area contributed by atoms with Gasteiger partial charge in [-0.25, -0.2) is 4.98 Å². The number of nitrogens with one attached hydrogen (secondary N) is 1. The van der Waals surface area contributed by atoms with Gasteiger partial charge in [0.2, 0.25) is 5.75 Å². The van der Waals surface area contributed by atoms with Gasteiger partial charge in [0.1, 0.15) is 0 Å². The van der Waals surface area contributed by atoms with Crippen molar-refractivity contribution < 1.29 is 19.0 Å². The third-order valence-corrected chi connectivity index (χ3v) is 7.72. The van der Waals surface area contributed by atoms with E-state index in [0.29, 0.717) is 34.4 Å². The van der Waals surface area contributed by atoms with Crippen LogP contribution in [0.15, 0.2) is 42.5 Å². The zero-order valence-electron chi connectivity index (χ0n) is 20.3. The second-order valence-electron chi connectivity index (χ2n) is 9.59. The van der Waals surface area contributed by atoms with Crippen molar-refractivity contribution in [3.05, 3.63) is 48.0 Å². The molecule has 1 N–H and O–H groups in total. The average Bonchev–Trinajstić information content (AvgIpc) is 3.51. The summed E-state index contributed by atoms with van der Waals surface area (Å²) in [5.41, 5.74) is 2.86. The molecule has 0 spiro atoms. The van der Waals surface area contributed by atoms with E-state index in [1.807, 2.05) is 42.5 Å². The summed E-state index contributed by atoms with van der Waals surface area (Å²) in [7, 11) is 4.75. The molecule has 2 aromatic carbocycles. The van der Waals surface area contributed by atoms with E-state index in [1.165, 1.54) is 25.7 Å². The quantitative estimate of drug-likeness (QED) is 0.505. The summed E-state index contributed by atoms with van der Waals surface area (Å²) in [6, 6.07) is 13.5. The van der Waals surface area contributed by atoms with Crippen molar-refractivity contribution in [2.75, 3.05) is 21.3 Å². The van der Waals surface area contributed by atoms with Gasteiger partial charge in [0.15, 0.2) is 11.5 Å². The zero-order valence-corrected chi connectivity index (χ0v) is 20.3. The van der Waals surface area contributed by atoms with Crippen molar-refractivity contribution in [3.8, 4) is 28.5 Å². The topological polar surface area (TPSA) is 69.7 Å². The van der Waals surface area contributed by atoms with E-state index in [2.05, 4.69) is 12.2 Å². The van der Waals surface area contributed by atoms with Crippen LogP contribution in [0.4, 0.5) is 0 Å². The molecule has 3 aromatic rings. The number of carbonyl (C=O) groups is 1. The van der Waals surface area contributed by atoms with Gasteiger partial charge in [-0.3, -0.25) is 4.79 Å². The smallest absolute Gasteiger partial charge is 0.252 e. The summed E-state index contributed by atoms with van der Waals surface area (Å²) in [6.07, 6.45) is 5.22. The first-order chi connectivity index (χ1) is 16.5. The van der Waals surface area contributed by atoms with Crippen LogP contribution < -0.4 is 19.5 Å². The highest BCUT2D eigenvalue weighted by Crippen LogP contribution is 2.49. The van der Waals surface area contributed by atoms with Crippen LogP contribution in [-0.4, -0.2) is 38.3 Å². The van der Waals surface area contributed by atoms with Crippen LogP contribution in [0.5, 0.6) is 17.2 Å². The summed E-state index contributed by atoms with van der Waals surface area (Å²) in [5.74, 6) is 3.73. The maximum Gasteiger partial charge on any atom is 0.252 e. The fraction of sp³-hybridized carbons (Fsp3) is 0.429. The van der Waals surface area contributed by atoms with Crippen LogP contribution in [0.2, 0.25) is 0 Å². The second-order valence-corrected chi connectivity index (χ2v) is 9.59. The van der Waals surface area contributed by atoms with Crippen molar-refractivity contribution in [3.63, 3.8) is 0 Å². The normalized spacial score (nSPS) is 21.9. The number of carbonyl (C=O) groups excluding carboxylic acids is 1. The molecule has 0 saturated heterocycles. The molecule has 2 aliphatic carbocycles. The van der Waals surface area contributed by atoms with Gasteiger partial charge in [-0.1, -0.05) is 24.6 Å². The predicted molar refractivity (Wildman–Crippen MR) is 133 cm³/mol. The van der Waals surface area contributed by atoms with Gasteiger partial charge in [-0.2, -0.15) is 0 Å². The number of rotatable bonds is 7. The molecule has 1 heterocycles. The Kier molecular flexibility index (Phi) is 6.07. The molecule has 2 fully saturated rings. The van der Waals surface area contributed by atoms with Crippen LogP contribution in [0.3, 0.4) is 0 Å². The molecule has 5 rings (SSSR count). The van der Waals surface area contributed by atoms with Gasteiger partial charge in [-0.15, -0.1) is 0 Å². The first kappa shape index (κ1) is 22.5. The highest BCUT2D eigenvalue weighted by atomic mass is 16.5. The lowest BCUT2D eigenvalue weighted by Gasteiger charge is -2.28. The van der Waals surface area contributed by atoms with Crippen molar-refractivity contribution in [1.29, 1.82) is 0 Å². The van der Waals surface area contributed by atoms with Crippen molar-refractivity contribution in [2.45, 2.75) is 38.6 Å². The second kappa shape index (κ2) is 9.16. The number of aromatic nitrogens is 1. The van der Waals surface area contributed by atoms with E-state index < -0.39 is 0 Å². The number of para-hydroxylation sites is 1. The molecule has 178 valence electrons. The Balaban J connectivity index is 1.53. The lowest BCUT2D eigenvalue weighted by molar-refractivity contribution is 0.0917. The summed E-state index contributed by atoms with van der Waals surface area (Å²) in [4.78, 5) is 18.4. The molecule has 1 amide bonds. The van der Waals surface area contributed by atoms with E-state index in [4.69, 9.17) is 19.2 Å². The van der Waals surface area contributed by atoms with Crippen molar-refractivity contribution >= 4 is 16.8 Å². The minimum absolute atomic E-state index is 0.0532. The van der Waals surface area contributed by atoms with Gasteiger partial charge in [0.25, 0.3) is 5.91 Å². The van der Waals surface area contributed by atoms with Gasteiger partial charge in [0.05, 0.1) is 38.1 Å². The molecule has 0 aliphatic heterocycles. The van der Waals surface area contributed by atoms with Gasteiger partial charge in [-0.05, 0) is 68.2 Å². The molecule has 2 saturated carbocycles. The number of hydrogen-bond donors (Lipinski definition) is 1. The van der Waals surface area contributed by atoms with Crippen LogP contribution >= 0.6 is 0 Å². The fourth-order valence-electron chi connectivity index (χ4n) is 6.04. The van der Waals surface area contributed by atoms with Crippen LogP contribution in [0.25, 0.3) is 22.2 Å². The molecular formula is C28H32N2O4. The molecule has 0 unspecified atom stereocenters. The molecule has 6 heteroatoms. The van der Waals surface area contributed by atoms with Gasteiger partial charge < -0.3 is 19.5 Å². The SMILES string of the molecule is COc1cc(-c2cc(C(=O)N[C@H](C)[C@H]3C[C@@H]4CC[C@@H]3C4)c3ccccc3n2)cc(OC)c1OC. The molecule has 0 radical (unpaired) electrons. The Morgan fingerprint density at radius 3 is 2.35 bits per heavy atom. The largest absolute Gasteiger partial charge is 0.493 e. The molecule has 34 heavy (non-hydrogen) atoms. The Morgan fingerprint density at radius 1 is 1.00 bits per heavy atom. The molecule has 1 aromatic heterocycles. The third kappa shape index (κ3) is 3.95. The van der Waals surface area contributed by atoms with E-state index in [0.717, 1.165) is 28.3 Å². The number of hydrogen-bond acceptors (Lipinski definition) is 5. The van der Waals surface area contributed by atoms with Crippen LogP contribution in [0.1, 0.15) is 43.0 Å². The molecule has 2 bridgehead atoms. The Hall–Kier alpha value is -3.28. The first-order valence-electron chi connectivity index (χ1n) is 12.0. The molecule has 4 atom stereocenters. The molecule has 2 aliphatic rings. The van der Waals surface area contributed by atoms with Gasteiger partial charge in [0, 0.05) is 17.0 Å². The number of benzene rings is 2. The average molecular weight is 461 g/mol. The third-order valence-electron chi connectivity index (χ3n) is 7.72.